The zero-order valence-corrected chi connectivity index (χ0v) is 33.8. The molecule has 0 aromatic heterocycles. The third-order valence-corrected chi connectivity index (χ3v) is 11.2. The first-order chi connectivity index (χ1) is 30.8. The fourth-order valence-electron chi connectivity index (χ4n) is 7.77. The second-order valence-electron chi connectivity index (χ2n) is 14.9. The minimum absolute atomic E-state index is 0.00939. The second kappa shape index (κ2) is 16.3. The molecule has 63 heavy (non-hydrogen) atoms. The van der Waals surface area contributed by atoms with Gasteiger partial charge in [-0.05, 0) is 105 Å². The van der Waals surface area contributed by atoms with E-state index >= 15 is 0 Å². The van der Waals surface area contributed by atoms with E-state index in [2.05, 4.69) is 31.3 Å². The molecule has 0 saturated heterocycles. The first-order valence-corrected chi connectivity index (χ1v) is 20.2. The number of rotatable bonds is 10. The van der Waals surface area contributed by atoms with Crippen LogP contribution in [0.3, 0.4) is 0 Å². The second-order valence-corrected chi connectivity index (χ2v) is 15.3. The number of para-hydroxylation sites is 2. The Morgan fingerprint density at radius 1 is 0.556 bits per heavy atom. The number of fused-ring (bicyclic) bond motifs is 6. The Hall–Kier alpha value is -8.25. The molecule has 9 aromatic rings. The number of ketones is 1. The largest absolute Gasteiger partial charge is 0.505 e. The fraction of sp³-hybridized carbons (Fsp3) is 0.0196. The van der Waals surface area contributed by atoms with Gasteiger partial charge in [-0.2, -0.15) is 10.2 Å². The molecule has 0 fully saturated rings. The van der Waals surface area contributed by atoms with Crippen LogP contribution in [0.25, 0.3) is 43.4 Å². The van der Waals surface area contributed by atoms with Crippen LogP contribution in [0.15, 0.2) is 184 Å². The number of carbonyl (C=O) groups excluding carboxylic acids is 2. The SMILES string of the molecule is O=C1c2cc(N=Nc3c(O)c(CONc4ccccc4)cc4cc5ccccc5cc34)ccc2-c2ccc(N=Nc3c(O)c(C(=O)Nc4ccccc4Cl)cc4ccccc34)cc21. The van der Waals surface area contributed by atoms with E-state index in [1.807, 2.05) is 91.0 Å². The maximum atomic E-state index is 14.0. The van der Waals surface area contributed by atoms with Crippen LogP contribution in [0.5, 0.6) is 11.5 Å². The van der Waals surface area contributed by atoms with Gasteiger partial charge in [0, 0.05) is 27.5 Å². The Kier molecular flexibility index (Phi) is 10.1. The van der Waals surface area contributed by atoms with Gasteiger partial charge in [0.1, 0.15) is 23.7 Å². The number of nitrogens with zero attached hydrogens (tertiary/aromatic N) is 4. The van der Waals surface area contributed by atoms with Gasteiger partial charge in [-0.3, -0.25) is 19.9 Å². The number of amides is 1. The highest BCUT2D eigenvalue weighted by atomic mass is 35.5. The number of anilines is 2. The van der Waals surface area contributed by atoms with Crippen molar-refractivity contribution in [3.63, 3.8) is 0 Å². The van der Waals surface area contributed by atoms with Crippen LogP contribution in [0, 0.1) is 0 Å². The summed E-state index contributed by atoms with van der Waals surface area (Å²) in [5.74, 6) is -1.23. The van der Waals surface area contributed by atoms with Gasteiger partial charge in [0.15, 0.2) is 11.5 Å². The van der Waals surface area contributed by atoms with Crippen molar-refractivity contribution in [1.82, 2.24) is 0 Å². The van der Waals surface area contributed by atoms with E-state index in [1.54, 1.807) is 72.8 Å². The van der Waals surface area contributed by atoms with Crippen LogP contribution >= 0.6 is 11.6 Å². The number of aromatic hydroxyl groups is 2. The molecule has 4 N–H and O–H groups in total. The standard InChI is InChI=1S/C51H33ClN6O5/c52-44-16-8-9-17-45(44)53-51(62)43-25-31-12-6-7-15-37(31)46(50(43)61)56-54-35-18-20-38-39-21-19-36(27-42(39)49(60)41(38)26-35)55-57-47-40-24-30-11-5-4-10-29(30)22-32(40)23-33(48(47)59)28-63-58-34-13-2-1-3-14-34/h1-27,58-59,61H,28H2,(H,53,62). The quantitative estimate of drug-likeness (QED) is 0.0610. The summed E-state index contributed by atoms with van der Waals surface area (Å²) >= 11 is 6.28. The summed E-state index contributed by atoms with van der Waals surface area (Å²) in [4.78, 5) is 33.1. The first-order valence-electron chi connectivity index (χ1n) is 19.9. The van der Waals surface area contributed by atoms with Crippen molar-refractivity contribution in [1.29, 1.82) is 0 Å². The number of halogens is 1. The molecule has 0 saturated carbocycles. The lowest BCUT2D eigenvalue weighted by atomic mass is 9.99. The molecule has 0 unspecified atom stereocenters. The lowest BCUT2D eigenvalue weighted by Crippen LogP contribution is -2.12. The molecular formula is C51H33ClN6O5. The van der Waals surface area contributed by atoms with E-state index in [1.165, 1.54) is 0 Å². The van der Waals surface area contributed by atoms with Crippen LogP contribution in [-0.2, 0) is 11.4 Å². The van der Waals surface area contributed by atoms with Gasteiger partial charge in [0.25, 0.3) is 5.91 Å². The molecule has 0 aliphatic heterocycles. The Labute approximate surface area is 364 Å². The molecule has 11 nitrogen and oxygen atoms in total. The molecule has 0 atom stereocenters. The summed E-state index contributed by atoms with van der Waals surface area (Å²) in [5, 5.41) is 48.9. The van der Waals surface area contributed by atoms with Crippen LogP contribution in [0.2, 0.25) is 5.02 Å². The highest BCUT2D eigenvalue weighted by Crippen LogP contribution is 2.44. The van der Waals surface area contributed by atoms with E-state index in [-0.39, 0.29) is 40.8 Å². The molecule has 0 bridgehead atoms. The molecule has 0 spiro atoms. The van der Waals surface area contributed by atoms with Crippen molar-refractivity contribution in [2.24, 2.45) is 20.5 Å². The molecule has 10 rings (SSSR count). The monoisotopic (exact) mass is 844 g/mol. The number of hydrogen-bond donors (Lipinski definition) is 4. The summed E-state index contributed by atoms with van der Waals surface area (Å²) in [5.41, 5.74) is 8.02. The molecule has 304 valence electrons. The maximum Gasteiger partial charge on any atom is 0.259 e. The summed E-state index contributed by atoms with van der Waals surface area (Å²) in [6, 6.07) is 49.3. The lowest BCUT2D eigenvalue weighted by Gasteiger charge is -2.13. The van der Waals surface area contributed by atoms with Crippen LogP contribution in [0.1, 0.15) is 31.8 Å². The molecule has 0 radical (unpaired) electrons. The van der Waals surface area contributed by atoms with Crippen LogP contribution < -0.4 is 10.8 Å². The summed E-state index contributed by atoms with van der Waals surface area (Å²) in [6.45, 7) is 0.0466. The Bertz CT molecular complexity index is 3390. The van der Waals surface area contributed by atoms with Crippen molar-refractivity contribution in [2.45, 2.75) is 6.61 Å². The Morgan fingerprint density at radius 2 is 1.16 bits per heavy atom. The third kappa shape index (κ3) is 7.48. The number of nitrogens with one attached hydrogen (secondary N) is 2. The smallest absolute Gasteiger partial charge is 0.259 e. The number of hydrogen-bond acceptors (Lipinski definition) is 10. The predicted octanol–water partition coefficient (Wildman–Crippen LogP) is 14.0. The molecule has 1 aliphatic carbocycles. The minimum atomic E-state index is -0.573. The first kappa shape index (κ1) is 38.9. The zero-order valence-electron chi connectivity index (χ0n) is 33.1. The van der Waals surface area contributed by atoms with Gasteiger partial charge in [-0.25, -0.2) is 0 Å². The van der Waals surface area contributed by atoms with Crippen molar-refractivity contribution in [3.8, 4) is 22.6 Å². The Balaban J connectivity index is 0.936. The van der Waals surface area contributed by atoms with Gasteiger partial charge >= 0.3 is 0 Å². The number of carbonyl (C=O) groups is 2. The predicted molar refractivity (Wildman–Crippen MR) is 247 cm³/mol. The van der Waals surface area contributed by atoms with Crippen LogP contribution in [-0.4, -0.2) is 21.9 Å². The van der Waals surface area contributed by atoms with E-state index in [0.29, 0.717) is 54.9 Å². The number of benzene rings is 9. The van der Waals surface area contributed by atoms with Gasteiger partial charge in [-0.1, -0.05) is 103 Å². The molecule has 1 aliphatic rings. The molecular weight excluding hydrogens is 812 g/mol. The van der Waals surface area contributed by atoms with Crippen molar-refractivity contribution >= 4 is 89.7 Å². The van der Waals surface area contributed by atoms with Crippen molar-refractivity contribution in [2.75, 3.05) is 10.8 Å². The average Bonchev–Trinajstić information content (AvgIpc) is 3.58. The highest BCUT2D eigenvalue weighted by molar-refractivity contribution is 6.34. The van der Waals surface area contributed by atoms with E-state index in [9.17, 15) is 19.8 Å². The maximum absolute atomic E-state index is 14.0. The summed E-state index contributed by atoms with van der Waals surface area (Å²) < 4.78 is 0. The topological polar surface area (TPSA) is 157 Å². The van der Waals surface area contributed by atoms with E-state index in [0.717, 1.165) is 33.0 Å². The van der Waals surface area contributed by atoms with Gasteiger partial charge in [-0.15, -0.1) is 10.2 Å². The van der Waals surface area contributed by atoms with E-state index in [4.69, 9.17) is 16.4 Å². The zero-order chi connectivity index (χ0) is 43.0. The van der Waals surface area contributed by atoms with Gasteiger partial charge in [0.2, 0.25) is 0 Å². The molecule has 0 heterocycles. The third-order valence-electron chi connectivity index (χ3n) is 10.9. The fourth-order valence-corrected chi connectivity index (χ4v) is 7.95. The van der Waals surface area contributed by atoms with E-state index < -0.39 is 5.91 Å². The van der Waals surface area contributed by atoms with Gasteiger partial charge in [0.05, 0.1) is 33.3 Å². The normalized spacial score (nSPS) is 12.1. The highest BCUT2D eigenvalue weighted by Gasteiger charge is 2.28. The number of azo groups is 2. The number of phenolic OH excluding ortho intramolecular Hbond substituents is 2. The minimum Gasteiger partial charge on any atom is -0.505 e. The molecule has 9 aromatic carbocycles. The number of phenols is 2. The molecule has 1 amide bonds. The summed E-state index contributed by atoms with van der Waals surface area (Å²) in [6.07, 6.45) is 0. The van der Waals surface area contributed by atoms with Gasteiger partial charge < -0.3 is 15.5 Å². The molecule has 12 heteroatoms. The average molecular weight is 845 g/mol. The van der Waals surface area contributed by atoms with Crippen molar-refractivity contribution < 1.29 is 24.6 Å². The van der Waals surface area contributed by atoms with Crippen LogP contribution in [0.4, 0.5) is 34.1 Å². The Morgan fingerprint density at radius 3 is 1.86 bits per heavy atom. The summed E-state index contributed by atoms with van der Waals surface area (Å²) in [7, 11) is 0. The van der Waals surface area contributed by atoms with Crippen molar-refractivity contribution in [3.05, 3.63) is 191 Å². The lowest BCUT2D eigenvalue weighted by molar-refractivity contribution is 0.102.